The lowest BCUT2D eigenvalue weighted by Gasteiger charge is -2.25. The van der Waals surface area contributed by atoms with Gasteiger partial charge in [0.05, 0.1) is 45.3 Å². The van der Waals surface area contributed by atoms with E-state index in [0.717, 1.165) is 10.4 Å². The Labute approximate surface area is 327 Å². The summed E-state index contributed by atoms with van der Waals surface area (Å²) in [6, 6.07) is 18.7. The monoisotopic (exact) mass is 786 g/mol. The smallest absolute Gasteiger partial charge is 0.341 e. The molecule has 3 N–H and O–H groups in total. The number of hydrogen-bond donors (Lipinski definition) is 3. The van der Waals surface area contributed by atoms with Crippen molar-refractivity contribution in [2.75, 3.05) is 45.1 Å². The molecule has 0 saturated carbocycles. The Bertz CT molecular complexity index is 2120. The predicted octanol–water partition coefficient (Wildman–Crippen LogP) is 6.38. The standard InChI is InChI=1S/C40H42N4O9S2/c1-7-53-40(49)35-29-16-17-44(24(3)45)22-34(29)55-39(35)43-36(46)23(2)54-28-15-11-14-27(20-28)41-38(48)30(42-37(47)25-12-9-8-10-13-25)18-26-19-32(51-5)33(52-6)21-31(26)50-4/h8-15,18-21,23H,7,16-17,22H2,1-6H3,(H,41,48)(H,42,47)(H,43,46)/b30-18+. The molecule has 1 aliphatic rings. The van der Waals surface area contributed by atoms with Crippen molar-refractivity contribution in [2.24, 2.45) is 0 Å². The minimum atomic E-state index is -0.620. The summed E-state index contributed by atoms with van der Waals surface area (Å²) in [5.41, 5.74) is 2.24. The van der Waals surface area contributed by atoms with E-state index >= 15 is 0 Å². The van der Waals surface area contributed by atoms with Crippen LogP contribution in [0.5, 0.6) is 17.2 Å². The van der Waals surface area contributed by atoms with E-state index < -0.39 is 23.0 Å². The number of thioether (sulfide) groups is 1. The summed E-state index contributed by atoms with van der Waals surface area (Å²) < 4.78 is 21.7. The van der Waals surface area contributed by atoms with Gasteiger partial charge in [-0.2, -0.15) is 0 Å². The maximum Gasteiger partial charge on any atom is 0.341 e. The Balaban J connectivity index is 1.35. The second-order valence-corrected chi connectivity index (χ2v) is 14.7. The SMILES string of the molecule is CCOC(=O)c1c(NC(=O)C(C)Sc2cccc(NC(=O)/C(=C\c3cc(OC)c(OC)cc3OC)NC(=O)c3ccccc3)c2)sc2c1CCN(C(C)=O)C2. The van der Waals surface area contributed by atoms with Crippen LogP contribution in [-0.4, -0.2) is 74.2 Å². The van der Waals surface area contributed by atoms with Gasteiger partial charge in [0.15, 0.2) is 11.5 Å². The highest BCUT2D eigenvalue weighted by molar-refractivity contribution is 8.00. The van der Waals surface area contributed by atoms with Crippen molar-refractivity contribution in [2.45, 2.75) is 43.9 Å². The highest BCUT2D eigenvalue weighted by atomic mass is 32.2. The first-order chi connectivity index (χ1) is 26.5. The molecule has 2 heterocycles. The molecule has 0 saturated heterocycles. The van der Waals surface area contributed by atoms with Crippen LogP contribution in [0.4, 0.5) is 10.7 Å². The molecule has 1 aromatic heterocycles. The van der Waals surface area contributed by atoms with Crippen LogP contribution in [0.3, 0.4) is 0 Å². The van der Waals surface area contributed by atoms with Gasteiger partial charge < -0.3 is 39.8 Å². The van der Waals surface area contributed by atoms with Crippen LogP contribution in [0.1, 0.15) is 57.5 Å². The number of ether oxygens (including phenoxy) is 4. The lowest BCUT2D eigenvalue weighted by molar-refractivity contribution is -0.129. The molecule has 1 atom stereocenters. The Morgan fingerprint density at radius 3 is 2.29 bits per heavy atom. The van der Waals surface area contributed by atoms with E-state index in [4.69, 9.17) is 18.9 Å². The molecule has 3 aromatic carbocycles. The van der Waals surface area contributed by atoms with E-state index in [1.54, 1.807) is 85.5 Å². The van der Waals surface area contributed by atoms with Crippen LogP contribution in [0.2, 0.25) is 0 Å². The topological polar surface area (TPSA) is 162 Å². The number of nitrogens with one attached hydrogen (secondary N) is 3. The summed E-state index contributed by atoms with van der Waals surface area (Å²) in [6.07, 6.45) is 1.96. The molecule has 13 nitrogen and oxygen atoms in total. The molecule has 288 valence electrons. The van der Waals surface area contributed by atoms with E-state index in [-0.39, 0.29) is 24.1 Å². The first kappa shape index (κ1) is 40.4. The molecule has 4 aromatic rings. The summed E-state index contributed by atoms with van der Waals surface area (Å²) in [7, 11) is 4.45. The molecule has 0 bridgehead atoms. The maximum atomic E-state index is 13.9. The number of carbonyl (C=O) groups is 5. The summed E-state index contributed by atoms with van der Waals surface area (Å²) in [5.74, 6) is -0.862. The molecule has 0 fully saturated rings. The zero-order valence-electron chi connectivity index (χ0n) is 31.3. The van der Waals surface area contributed by atoms with E-state index in [2.05, 4.69) is 16.0 Å². The first-order valence-corrected chi connectivity index (χ1v) is 19.0. The molecule has 0 spiro atoms. The molecular formula is C40H42N4O9S2. The molecule has 55 heavy (non-hydrogen) atoms. The van der Waals surface area contributed by atoms with Gasteiger partial charge in [0, 0.05) is 46.1 Å². The van der Waals surface area contributed by atoms with E-state index in [9.17, 15) is 24.0 Å². The zero-order chi connectivity index (χ0) is 39.6. The minimum Gasteiger partial charge on any atom is -0.496 e. The summed E-state index contributed by atoms with van der Waals surface area (Å²) in [5, 5.41) is 8.26. The Morgan fingerprint density at radius 1 is 0.909 bits per heavy atom. The first-order valence-electron chi connectivity index (χ1n) is 17.3. The number of benzene rings is 3. The number of rotatable bonds is 14. The maximum absolute atomic E-state index is 13.9. The van der Waals surface area contributed by atoms with Crippen molar-refractivity contribution in [3.05, 3.63) is 99.6 Å². The average molecular weight is 787 g/mol. The molecule has 5 rings (SSSR count). The number of anilines is 2. The molecule has 15 heteroatoms. The third-order valence-corrected chi connectivity index (χ3v) is 10.8. The largest absolute Gasteiger partial charge is 0.496 e. The molecule has 1 aliphatic heterocycles. The minimum absolute atomic E-state index is 0.0620. The molecular weight excluding hydrogens is 745 g/mol. The fourth-order valence-electron chi connectivity index (χ4n) is 5.76. The Morgan fingerprint density at radius 2 is 1.62 bits per heavy atom. The second-order valence-electron chi connectivity index (χ2n) is 12.2. The van der Waals surface area contributed by atoms with Gasteiger partial charge in [-0.05, 0) is 68.3 Å². The van der Waals surface area contributed by atoms with Gasteiger partial charge in [-0.25, -0.2) is 4.79 Å². The fourth-order valence-corrected chi connectivity index (χ4v) is 7.94. The predicted molar refractivity (Wildman–Crippen MR) is 212 cm³/mol. The zero-order valence-corrected chi connectivity index (χ0v) is 32.9. The van der Waals surface area contributed by atoms with Gasteiger partial charge in [0.2, 0.25) is 11.8 Å². The average Bonchev–Trinajstić information content (AvgIpc) is 3.54. The highest BCUT2D eigenvalue weighted by Crippen LogP contribution is 2.39. The Hall–Kier alpha value is -5.80. The van der Waals surface area contributed by atoms with Crippen molar-refractivity contribution in [1.29, 1.82) is 0 Å². The summed E-state index contributed by atoms with van der Waals surface area (Å²) >= 11 is 2.52. The second kappa shape index (κ2) is 18.5. The summed E-state index contributed by atoms with van der Waals surface area (Å²) in [6.45, 7) is 5.96. The number of methoxy groups -OCH3 is 3. The van der Waals surface area contributed by atoms with Gasteiger partial charge >= 0.3 is 5.97 Å². The Kier molecular flexibility index (Phi) is 13.6. The van der Waals surface area contributed by atoms with Gasteiger partial charge in [-0.1, -0.05) is 24.3 Å². The van der Waals surface area contributed by atoms with Crippen LogP contribution >= 0.6 is 23.1 Å². The highest BCUT2D eigenvalue weighted by Gasteiger charge is 2.31. The molecule has 0 radical (unpaired) electrons. The van der Waals surface area contributed by atoms with Crippen LogP contribution in [-0.2, 0) is 32.1 Å². The molecule has 0 aliphatic carbocycles. The van der Waals surface area contributed by atoms with Crippen LogP contribution < -0.4 is 30.2 Å². The van der Waals surface area contributed by atoms with E-state index in [1.807, 2.05) is 0 Å². The van der Waals surface area contributed by atoms with Crippen LogP contribution in [0.25, 0.3) is 6.08 Å². The number of amides is 4. The van der Waals surface area contributed by atoms with Crippen molar-refractivity contribution in [3.8, 4) is 17.2 Å². The van der Waals surface area contributed by atoms with E-state index in [1.165, 1.54) is 57.4 Å². The van der Waals surface area contributed by atoms with Crippen molar-refractivity contribution in [1.82, 2.24) is 10.2 Å². The van der Waals surface area contributed by atoms with Crippen LogP contribution in [0.15, 0.2) is 77.3 Å². The lowest BCUT2D eigenvalue weighted by Crippen LogP contribution is -2.34. The molecule has 1 unspecified atom stereocenters. The number of carbonyl (C=O) groups excluding carboxylic acids is 5. The van der Waals surface area contributed by atoms with Gasteiger partial charge in [-0.3, -0.25) is 19.2 Å². The normalized spacial score (nSPS) is 12.8. The number of hydrogen-bond acceptors (Lipinski definition) is 11. The van der Waals surface area contributed by atoms with Crippen molar-refractivity contribution in [3.63, 3.8) is 0 Å². The number of esters is 1. The number of fused-ring (bicyclic) bond motifs is 1. The number of thiophene rings is 1. The number of nitrogens with zero attached hydrogens (tertiary/aromatic N) is 1. The third kappa shape index (κ3) is 9.85. The van der Waals surface area contributed by atoms with Crippen molar-refractivity contribution < 1.29 is 42.9 Å². The van der Waals surface area contributed by atoms with Crippen molar-refractivity contribution >= 4 is 69.5 Å². The van der Waals surface area contributed by atoms with Crippen LogP contribution in [0, 0.1) is 0 Å². The van der Waals surface area contributed by atoms with E-state index in [0.29, 0.717) is 69.0 Å². The summed E-state index contributed by atoms with van der Waals surface area (Å²) in [4.78, 5) is 68.9. The quantitative estimate of drug-likeness (QED) is 0.0743. The van der Waals surface area contributed by atoms with Gasteiger partial charge in [0.1, 0.15) is 16.4 Å². The third-order valence-electron chi connectivity index (χ3n) is 8.56. The van der Waals surface area contributed by atoms with Gasteiger partial charge in [-0.15, -0.1) is 23.1 Å². The fraction of sp³-hybridized carbons (Fsp3) is 0.275. The molecule has 4 amide bonds. The lowest BCUT2D eigenvalue weighted by atomic mass is 10.0. The van der Waals surface area contributed by atoms with Gasteiger partial charge in [0.25, 0.3) is 11.8 Å².